The van der Waals surface area contributed by atoms with Crippen molar-refractivity contribution in [3.8, 4) is 0 Å². The van der Waals surface area contributed by atoms with Gasteiger partial charge in [0.2, 0.25) is 0 Å². The normalized spacial score (nSPS) is 10.3. The highest BCUT2D eigenvalue weighted by Gasteiger charge is 1.80. The minimum atomic E-state index is 0. The van der Waals surface area contributed by atoms with E-state index in [2.05, 4.69) is 4.99 Å². The summed E-state index contributed by atoms with van der Waals surface area (Å²) in [5.74, 6) is 0.576. The van der Waals surface area contributed by atoms with Crippen LogP contribution in [0.25, 0.3) is 0 Å². The van der Waals surface area contributed by atoms with Crippen LogP contribution in [0.4, 0.5) is 0 Å². The molecule has 0 heterocycles. The molecule has 0 atom stereocenters. The van der Waals surface area contributed by atoms with Crippen LogP contribution >= 0.6 is 12.4 Å². The number of amidine groups is 1. The Balaban J connectivity index is 0. The average Bonchev–Trinajstić information content (AvgIpc) is 1.83. The quantitative estimate of drug-likeness (QED) is 0.355. The van der Waals surface area contributed by atoms with Crippen molar-refractivity contribution in [1.29, 1.82) is 0 Å². The molecule has 0 aliphatic carbocycles. The van der Waals surface area contributed by atoms with E-state index in [1.54, 1.807) is 6.92 Å². The van der Waals surface area contributed by atoms with Crippen LogP contribution in [-0.4, -0.2) is 17.6 Å². The monoisotopic (exact) mass is 152 g/mol. The summed E-state index contributed by atoms with van der Waals surface area (Å²) in [5.41, 5.74) is 1.95. The molecule has 56 valence electrons. The zero-order valence-electron chi connectivity index (χ0n) is 5.72. The number of nitrogens with one attached hydrogen (secondary N) is 1. The smallest absolute Gasteiger partial charge is 0.117 e. The van der Waals surface area contributed by atoms with E-state index < -0.39 is 0 Å². The molecule has 0 aromatic rings. The summed E-state index contributed by atoms with van der Waals surface area (Å²) in [6.07, 6.45) is 1.01. The molecule has 0 rings (SSSR count). The number of hydrogen-bond donors (Lipinski definition) is 2. The van der Waals surface area contributed by atoms with Gasteiger partial charge in [-0.1, -0.05) is 6.92 Å². The third kappa shape index (κ3) is 7.72. The largest absolute Gasteiger partial charge is 0.290 e. The third-order valence-corrected chi connectivity index (χ3v) is 0.734. The van der Waals surface area contributed by atoms with Crippen molar-refractivity contribution in [1.82, 2.24) is 5.48 Å². The van der Waals surface area contributed by atoms with Crippen molar-refractivity contribution in [2.24, 2.45) is 4.99 Å². The van der Waals surface area contributed by atoms with Crippen molar-refractivity contribution in [2.45, 2.75) is 20.3 Å². The van der Waals surface area contributed by atoms with Gasteiger partial charge in [0.25, 0.3) is 0 Å². The van der Waals surface area contributed by atoms with E-state index in [9.17, 15) is 0 Å². The molecule has 0 bridgehead atoms. The van der Waals surface area contributed by atoms with E-state index in [-0.39, 0.29) is 12.4 Å². The van der Waals surface area contributed by atoms with Gasteiger partial charge in [0.15, 0.2) is 0 Å². The van der Waals surface area contributed by atoms with Crippen LogP contribution in [0.5, 0.6) is 0 Å². The summed E-state index contributed by atoms with van der Waals surface area (Å²) < 4.78 is 0. The first-order valence-electron chi connectivity index (χ1n) is 2.72. The van der Waals surface area contributed by atoms with Crippen molar-refractivity contribution in [3.05, 3.63) is 0 Å². The lowest BCUT2D eigenvalue weighted by Crippen LogP contribution is -2.14. The van der Waals surface area contributed by atoms with Crippen LogP contribution in [0.1, 0.15) is 20.3 Å². The van der Waals surface area contributed by atoms with E-state index in [1.807, 2.05) is 12.4 Å². The summed E-state index contributed by atoms with van der Waals surface area (Å²) in [4.78, 5) is 3.92. The molecule has 0 saturated carbocycles. The van der Waals surface area contributed by atoms with Gasteiger partial charge in [-0.15, -0.1) is 12.4 Å². The Morgan fingerprint density at radius 1 is 1.67 bits per heavy atom. The Hall–Kier alpha value is -0.280. The second kappa shape index (κ2) is 7.72. The maximum absolute atomic E-state index is 8.18. The van der Waals surface area contributed by atoms with Gasteiger partial charge in [-0.3, -0.25) is 15.7 Å². The molecule has 0 fully saturated rings. The SMILES string of the molecule is CCCN=C(C)NO.Cl. The lowest BCUT2D eigenvalue weighted by Gasteiger charge is -1.93. The molecule has 4 heteroatoms. The molecule has 0 aliphatic rings. The molecule has 0 amide bonds. The molecular formula is C5H13ClN2O. The number of nitrogens with zero attached hydrogens (tertiary/aromatic N) is 1. The molecular weight excluding hydrogens is 140 g/mol. The molecule has 0 spiro atoms. The molecule has 0 aromatic carbocycles. The molecule has 0 aliphatic heterocycles. The van der Waals surface area contributed by atoms with E-state index in [0.29, 0.717) is 5.84 Å². The van der Waals surface area contributed by atoms with Gasteiger partial charge in [0.1, 0.15) is 5.84 Å². The summed E-state index contributed by atoms with van der Waals surface area (Å²) in [7, 11) is 0. The summed E-state index contributed by atoms with van der Waals surface area (Å²) in [6.45, 7) is 4.53. The maximum atomic E-state index is 8.18. The second-order valence-electron chi connectivity index (χ2n) is 1.58. The summed E-state index contributed by atoms with van der Waals surface area (Å²) in [5, 5.41) is 8.18. The van der Waals surface area contributed by atoms with Crippen molar-refractivity contribution >= 4 is 18.2 Å². The summed E-state index contributed by atoms with van der Waals surface area (Å²) >= 11 is 0. The van der Waals surface area contributed by atoms with E-state index >= 15 is 0 Å². The van der Waals surface area contributed by atoms with Gasteiger partial charge in [0.05, 0.1) is 0 Å². The van der Waals surface area contributed by atoms with Gasteiger partial charge in [-0.25, -0.2) is 0 Å². The van der Waals surface area contributed by atoms with Gasteiger partial charge >= 0.3 is 0 Å². The molecule has 9 heavy (non-hydrogen) atoms. The standard InChI is InChI=1S/C5H12N2O.ClH/c1-3-4-6-5(2)7-8;/h8H,3-4H2,1-2H3,(H,6,7);1H. The minimum absolute atomic E-state index is 0. The predicted molar refractivity (Wildman–Crippen MR) is 40.4 cm³/mol. The molecule has 3 nitrogen and oxygen atoms in total. The lowest BCUT2D eigenvalue weighted by molar-refractivity contribution is 0.233. The number of halogens is 1. The number of aliphatic imine (C=N–C) groups is 1. The number of hydroxylamine groups is 1. The Bertz CT molecular complexity index is 85.0. The fraction of sp³-hybridized carbons (Fsp3) is 0.800. The van der Waals surface area contributed by atoms with Crippen LogP contribution in [0.2, 0.25) is 0 Å². The highest BCUT2D eigenvalue weighted by molar-refractivity contribution is 5.85. The van der Waals surface area contributed by atoms with Gasteiger partial charge in [0, 0.05) is 6.54 Å². The first-order valence-corrected chi connectivity index (χ1v) is 2.72. The van der Waals surface area contributed by atoms with E-state index in [1.165, 1.54) is 0 Å². The number of hydrogen-bond acceptors (Lipinski definition) is 2. The van der Waals surface area contributed by atoms with Crippen LogP contribution in [-0.2, 0) is 0 Å². The Morgan fingerprint density at radius 2 is 2.22 bits per heavy atom. The first-order chi connectivity index (χ1) is 3.81. The Labute approximate surface area is 61.5 Å². The van der Waals surface area contributed by atoms with E-state index in [0.717, 1.165) is 13.0 Å². The van der Waals surface area contributed by atoms with Crippen LogP contribution < -0.4 is 5.48 Å². The van der Waals surface area contributed by atoms with Gasteiger partial charge in [-0.05, 0) is 13.3 Å². The fourth-order valence-electron chi connectivity index (χ4n) is 0.315. The van der Waals surface area contributed by atoms with Gasteiger partial charge in [-0.2, -0.15) is 0 Å². The summed E-state index contributed by atoms with van der Waals surface area (Å²) in [6, 6.07) is 0. The van der Waals surface area contributed by atoms with Crippen molar-refractivity contribution in [2.75, 3.05) is 6.54 Å². The van der Waals surface area contributed by atoms with E-state index in [4.69, 9.17) is 5.21 Å². The molecule has 0 aromatic heterocycles. The molecule has 0 unspecified atom stereocenters. The minimum Gasteiger partial charge on any atom is -0.290 e. The van der Waals surface area contributed by atoms with Crippen LogP contribution in [0.3, 0.4) is 0 Å². The van der Waals surface area contributed by atoms with Gasteiger partial charge < -0.3 is 0 Å². The highest BCUT2D eigenvalue weighted by atomic mass is 35.5. The zero-order valence-corrected chi connectivity index (χ0v) is 6.53. The molecule has 2 N–H and O–H groups in total. The first kappa shape index (κ1) is 11.5. The Kier molecular flexibility index (Phi) is 9.87. The second-order valence-corrected chi connectivity index (χ2v) is 1.58. The molecule has 0 radical (unpaired) electrons. The van der Waals surface area contributed by atoms with Crippen molar-refractivity contribution < 1.29 is 5.21 Å². The van der Waals surface area contributed by atoms with Crippen LogP contribution in [0.15, 0.2) is 4.99 Å². The zero-order chi connectivity index (χ0) is 6.41. The topological polar surface area (TPSA) is 44.6 Å². The number of rotatable bonds is 2. The Morgan fingerprint density at radius 3 is 2.56 bits per heavy atom. The highest BCUT2D eigenvalue weighted by Crippen LogP contribution is 1.77. The maximum Gasteiger partial charge on any atom is 0.117 e. The lowest BCUT2D eigenvalue weighted by atomic mass is 10.5. The average molecular weight is 153 g/mol. The predicted octanol–water partition coefficient (Wildman–Crippen LogP) is 1.22. The van der Waals surface area contributed by atoms with Crippen LogP contribution in [0, 0.1) is 0 Å². The molecule has 0 saturated heterocycles. The third-order valence-electron chi connectivity index (χ3n) is 0.734. The van der Waals surface area contributed by atoms with Crippen molar-refractivity contribution in [3.63, 3.8) is 0 Å². The fourth-order valence-corrected chi connectivity index (χ4v) is 0.315.